The van der Waals surface area contributed by atoms with Gasteiger partial charge < -0.3 is 9.73 Å². The molecule has 6 nitrogen and oxygen atoms in total. The standard InChI is InChI=1S/C12H12ClN3O3/c1-8-5-15-12(19-8)7-14-6-9-2-3-10(16(17)18)4-11(9)13/h2-5,14H,6-7H2,1H3. The van der Waals surface area contributed by atoms with E-state index in [9.17, 15) is 10.1 Å². The molecule has 0 aliphatic carbocycles. The number of nitrogens with zero attached hydrogens (tertiary/aromatic N) is 2. The van der Waals surface area contributed by atoms with Crippen LogP contribution < -0.4 is 5.32 Å². The maximum atomic E-state index is 10.6. The van der Waals surface area contributed by atoms with Gasteiger partial charge in [0.15, 0.2) is 0 Å². The number of nitrogens with one attached hydrogen (secondary N) is 1. The van der Waals surface area contributed by atoms with Crippen LogP contribution in [0.4, 0.5) is 5.69 Å². The Labute approximate surface area is 114 Å². The summed E-state index contributed by atoms with van der Waals surface area (Å²) in [7, 11) is 0. The van der Waals surface area contributed by atoms with E-state index in [0.717, 1.165) is 11.3 Å². The second-order valence-corrected chi connectivity index (χ2v) is 4.41. The van der Waals surface area contributed by atoms with E-state index in [-0.39, 0.29) is 5.69 Å². The summed E-state index contributed by atoms with van der Waals surface area (Å²) < 4.78 is 5.31. The lowest BCUT2D eigenvalue weighted by Crippen LogP contribution is -2.13. The molecule has 0 saturated heterocycles. The number of benzene rings is 1. The van der Waals surface area contributed by atoms with Crippen molar-refractivity contribution in [3.63, 3.8) is 0 Å². The molecule has 1 aromatic carbocycles. The van der Waals surface area contributed by atoms with E-state index in [4.69, 9.17) is 16.0 Å². The van der Waals surface area contributed by atoms with Crippen LogP contribution in [0.5, 0.6) is 0 Å². The summed E-state index contributed by atoms with van der Waals surface area (Å²) in [6, 6.07) is 4.40. The third-order valence-electron chi connectivity index (χ3n) is 2.51. The lowest BCUT2D eigenvalue weighted by atomic mass is 10.2. The molecule has 0 bridgehead atoms. The molecule has 2 aromatic rings. The number of aryl methyl sites for hydroxylation is 1. The first-order valence-electron chi connectivity index (χ1n) is 5.61. The van der Waals surface area contributed by atoms with Crippen molar-refractivity contribution in [2.45, 2.75) is 20.0 Å². The summed E-state index contributed by atoms with van der Waals surface area (Å²) in [5.74, 6) is 1.35. The van der Waals surface area contributed by atoms with Crippen LogP contribution in [0.15, 0.2) is 28.8 Å². The monoisotopic (exact) mass is 281 g/mol. The molecule has 0 spiro atoms. The fraction of sp³-hybridized carbons (Fsp3) is 0.250. The third-order valence-corrected chi connectivity index (χ3v) is 2.86. The van der Waals surface area contributed by atoms with E-state index in [1.165, 1.54) is 12.1 Å². The number of rotatable bonds is 5. The van der Waals surface area contributed by atoms with Gasteiger partial charge in [0.2, 0.25) is 5.89 Å². The lowest BCUT2D eigenvalue weighted by Gasteiger charge is -2.04. The van der Waals surface area contributed by atoms with E-state index in [1.54, 1.807) is 12.3 Å². The normalized spacial score (nSPS) is 10.6. The molecule has 2 rings (SSSR count). The number of aromatic nitrogens is 1. The van der Waals surface area contributed by atoms with Gasteiger partial charge in [0, 0.05) is 18.7 Å². The number of non-ortho nitro benzene ring substituents is 1. The van der Waals surface area contributed by atoms with Crippen molar-refractivity contribution in [2.75, 3.05) is 0 Å². The second kappa shape index (κ2) is 5.81. The Balaban J connectivity index is 1.94. The highest BCUT2D eigenvalue weighted by Gasteiger charge is 2.09. The average molecular weight is 282 g/mol. The van der Waals surface area contributed by atoms with Crippen molar-refractivity contribution in [3.05, 3.63) is 56.7 Å². The minimum absolute atomic E-state index is 0.0166. The van der Waals surface area contributed by atoms with Crippen LogP contribution in [0.2, 0.25) is 5.02 Å². The van der Waals surface area contributed by atoms with Gasteiger partial charge in [-0.2, -0.15) is 0 Å². The first-order chi connectivity index (χ1) is 9.06. The summed E-state index contributed by atoms with van der Waals surface area (Å²) in [4.78, 5) is 14.2. The molecular formula is C12H12ClN3O3. The minimum atomic E-state index is -0.474. The van der Waals surface area contributed by atoms with Gasteiger partial charge in [0.05, 0.1) is 22.7 Å². The smallest absolute Gasteiger partial charge is 0.270 e. The molecular weight excluding hydrogens is 270 g/mol. The molecule has 0 radical (unpaired) electrons. The third kappa shape index (κ3) is 3.52. The van der Waals surface area contributed by atoms with E-state index in [2.05, 4.69) is 10.3 Å². The van der Waals surface area contributed by atoms with Gasteiger partial charge in [-0.1, -0.05) is 11.6 Å². The van der Waals surface area contributed by atoms with Crippen molar-refractivity contribution in [1.29, 1.82) is 0 Å². The fourth-order valence-corrected chi connectivity index (χ4v) is 1.82. The molecule has 0 saturated carbocycles. The number of halogens is 1. The number of nitro benzene ring substituents is 1. The Kier molecular flexibility index (Phi) is 4.13. The van der Waals surface area contributed by atoms with Crippen molar-refractivity contribution in [1.82, 2.24) is 10.3 Å². The van der Waals surface area contributed by atoms with E-state index in [1.807, 2.05) is 6.92 Å². The van der Waals surface area contributed by atoms with Gasteiger partial charge in [0.25, 0.3) is 5.69 Å². The Morgan fingerprint density at radius 2 is 2.26 bits per heavy atom. The van der Waals surface area contributed by atoms with Crippen LogP contribution in [0.3, 0.4) is 0 Å². The zero-order valence-corrected chi connectivity index (χ0v) is 11.0. The first-order valence-corrected chi connectivity index (χ1v) is 5.99. The van der Waals surface area contributed by atoms with Crippen LogP contribution in [0, 0.1) is 17.0 Å². The molecule has 0 unspecified atom stereocenters. The van der Waals surface area contributed by atoms with Gasteiger partial charge in [-0.3, -0.25) is 10.1 Å². The highest BCUT2D eigenvalue weighted by atomic mass is 35.5. The molecule has 0 aliphatic rings. The fourth-order valence-electron chi connectivity index (χ4n) is 1.58. The van der Waals surface area contributed by atoms with Gasteiger partial charge >= 0.3 is 0 Å². The van der Waals surface area contributed by atoms with Crippen LogP contribution in [-0.4, -0.2) is 9.91 Å². The first kappa shape index (κ1) is 13.5. The predicted octanol–water partition coefficient (Wildman–Crippen LogP) is 2.83. The number of hydrogen-bond donors (Lipinski definition) is 1. The maximum Gasteiger partial charge on any atom is 0.270 e. The van der Waals surface area contributed by atoms with Gasteiger partial charge in [-0.25, -0.2) is 4.98 Å². The van der Waals surface area contributed by atoms with Crippen molar-refractivity contribution in [3.8, 4) is 0 Å². The summed E-state index contributed by atoms with van der Waals surface area (Å²) in [5.41, 5.74) is 0.771. The highest BCUT2D eigenvalue weighted by Crippen LogP contribution is 2.22. The number of hydrogen-bond acceptors (Lipinski definition) is 5. The molecule has 0 fully saturated rings. The SMILES string of the molecule is Cc1cnc(CNCc2ccc([N+](=O)[O-])cc2Cl)o1. The molecule has 0 atom stereocenters. The molecule has 100 valence electrons. The largest absolute Gasteiger partial charge is 0.445 e. The van der Waals surface area contributed by atoms with Gasteiger partial charge in [-0.05, 0) is 18.6 Å². The Morgan fingerprint density at radius 3 is 2.84 bits per heavy atom. The molecule has 7 heteroatoms. The highest BCUT2D eigenvalue weighted by molar-refractivity contribution is 6.31. The average Bonchev–Trinajstić information content (AvgIpc) is 2.77. The van der Waals surface area contributed by atoms with Crippen molar-refractivity contribution in [2.24, 2.45) is 0 Å². The Bertz CT molecular complexity index is 598. The van der Waals surface area contributed by atoms with Crippen molar-refractivity contribution >= 4 is 17.3 Å². The lowest BCUT2D eigenvalue weighted by molar-refractivity contribution is -0.384. The molecule has 19 heavy (non-hydrogen) atoms. The molecule has 1 aromatic heterocycles. The van der Waals surface area contributed by atoms with Crippen LogP contribution in [0.25, 0.3) is 0 Å². The van der Waals surface area contributed by atoms with Gasteiger partial charge in [0.1, 0.15) is 5.76 Å². The van der Waals surface area contributed by atoms with Crippen LogP contribution in [-0.2, 0) is 13.1 Å². The minimum Gasteiger partial charge on any atom is -0.445 e. The Hall–Kier alpha value is -1.92. The number of nitro groups is 1. The summed E-state index contributed by atoms with van der Waals surface area (Å²) in [6.07, 6.45) is 1.65. The predicted molar refractivity (Wildman–Crippen MR) is 69.9 cm³/mol. The van der Waals surface area contributed by atoms with Crippen LogP contribution in [0.1, 0.15) is 17.2 Å². The van der Waals surface area contributed by atoms with Crippen LogP contribution >= 0.6 is 11.6 Å². The zero-order chi connectivity index (χ0) is 13.8. The molecule has 0 aliphatic heterocycles. The molecule has 0 amide bonds. The molecule has 1 heterocycles. The number of oxazole rings is 1. The summed E-state index contributed by atoms with van der Waals surface area (Å²) in [6.45, 7) is 2.78. The topological polar surface area (TPSA) is 81.2 Å². The Morgan fingerprint density at radius 1 is 1.47 bits per heavy atom. The van der Waals surface area contributed by atoms with E-state index < -0.39 is 4.92 Å². The second-order valence-electron chi connectivity index (χ2n) is 4.00. The van der Waals surface area contributed by atoms with E-state index >= 15 is 0 Å². The maximum absolute atomic E-state index is 10.6. The van der Waals surface area contributed by atoms with Gasteiger partial charge in [-0.15, -0.1) is 0 Å². The summed E-state index contributed by atoms with van der Waals surface area (Å²) >= 11 is 5.98. The van der Waals surface area contributed by atoms with E-state index in [0.29, 0.717) is 24.0 Å². The summed E-state index contributed by atoms with van der Waals surface area (Å²) in [5, 5.41) is 14.1. The molecule has 1 N–H and O–H groups in total. The quantitative estimate of drug-likeness (QED) is 0.673. The zero-order valence-electron chi connectivity index (χ0n) is 10.2. The van der Waals surface area contributed by atoms with Crippen molar-refractivity contribution < 1.29 is 9.34 Å².